The van der Waals surface area contributed by atoms with Crippen LogP contribution < -0.4 is 14.2 Å². The first-order chi connectivity index (χ1) is 18.8. The summed E-state index contributed by atoms with van der Waals surface area (Å²) in [6.07, 6.45) is 1.31. The van der Waals surface area contributed by atoms with E-state index in [2.05, 4.69) is 4.98 Å². The SMILES string of the molecule is CC.CCOC(=O)c1cnc(C(=O)c2cccc(OC(C)(C)C(=O)OC(C)(C)C)c2)c2cc(OC)c(OC)cc12. The molecule has 0 saturated heterocycles. The smallest absolute Gasteiger partial charge is 0.350 e. The molecular weight excluding hydrogens is 514 g/mol. The van der Waals surface area contributed by atoms with E-state index in [4.69, 9.17) is 23.7 Å². The number of aromatic nitrogens is 1. The number of methoxy groups -OCH3 is 2. The summed E-state index contributed by atoms with van der Waals surface area (Å²) in [6, 6.07) is 9.65. The lowest BCUT2D eigenvalue weighted by Gasteiger charge is -2.29. The summed E-state index contributed by atoms with van der Waals surface area (Å²) in [4.78, 5) is 43.2. The molecule has 0 saturated carbocycles. The van der Waals surface area contributed by atoms with Crippen molar-refractivity contribution in [2.75, 3.05) is 20.8 Å². The third-order valence-electron chi connectivity index (χ3n) is 5.46. The van der Waals surface area contributed by atoms with Crippen LogP contribution in [0.3, 0.4) is 0 Å². The lowest BCUT2D eigenvalue weighted by molar-refractivity contribution is -0.170. The zero-order chi connectivity index (χ0) is 30.3. The lowest BCUT2D eigenvalue weighted by atomic mass is 9.99. The Morgan fingerprint density at radius 1 is 0.875 bits per heavy atom. The van der Waals surface area contributed by atoms with Gasteiger partial charge in [-0.1, -0.05) is 26.0 Å². The van der Waals surface area contributed by atoms with E-state index in [1.807, 2.05) is 13.8 Å². The number of hydrogen-bond acceptors (Lipinski definition) is 9. The summed E-state index contributed by atoms with van der Waals surface area (Å²) in [5.41, 5.74) is -1.42. The molecule has 0 radical (unpaired) electrons. The second kappa shape index (κ2) is 13.3. The third kappa shape index (κ3) is 7.49. The highest BCUT2D eigenvalue weighted by atomic mass is 16.6. The minimum absolute atomic E-state index is 0.0950. The first kappa shape index (κ1) is 32.1. The lowest BCUT2D eigenvalue weighted by Crippen LogP contribution is -2.43. The Morgan fingerprint density at radius 2 is 1.48 bits per heavy atom. The van der Waals surface area contributed by atoms with Crippen LogP contribution in [0.25, 0.3) is 10.8 Å². The molecule has 0 fully saturated rings. The zero-order valence-electron chi connectivity index (χ0n) is 25.0. The molecular formula is C31H39NO8. The van der Waals surface area contributed by atoms with Crippen molar-refractivity contribution in [3.8, 4) is 17.2 Å². The van der Waals surface area contributed by atoms with Crippen LogP contribution in [0.2, 0.25) is 0 Å². The second-order valence-electron chi connectivity index (χ2n) is 9.96. The summed E-state index contributed by atoms with van der Waals surface area (Å²) >= 11 is 0. The minimum Gasteiger partial charge on any atom is -0.493 e. The zero-order valence-corrected chi connectivity index (χ0v) is 25.0. The highest BCUT2D eigenvalue weighted by Gasteiger charge is 2.35. The number of benzene rings is 2. The Bertz CT molecular complexity index is 1370. The van der Waals surface area contributed by atoms with Gasteiger partial charge in [0.05, 0.1) is 26.4 Å². The van der Waals surface area contributed by atoms with E-state index in [9.17, 15) is 14.4 Å². The van der Waals surface area contributed by atoms with Crippen molar-refractivity contribution >= 4 is 28.5 Å². The second-order valence-corrected chi connectivity index (χ2v) is 9.96. The number of rotatable bonds is 9. The van der Waals surface area contributed by atoms with Crippen molar-refractivity contribution in [1.82, 2.24) is 4.98 Å². The van der Waals surface area contributed by atoms with E-state index >= 15 is 0 Å². The number of fused-ring (bicyclic) bond motifs is 1. The molecule has 0 unspecified atom stereocenters. The van der Waals surface area contributed by atoms with Gasteiger partial charge in [-0.2, -0.15) is 0 Å². The molecule has 2 aromatic carbocycles. The molecule has 9 nitrogen and oxygen atoms in total. The summed E-state index contributed by atoms with van der Waals surface area (Å²) in [7, 11) is 2.95. The number of esters is 2. The molecule has 1 aromatic heterocycles. The predicted octanol–water partition coefficient (Wildman–Crippen LogP) is 6.19. The normalized spacial score (nSPS) is 11.2. The maximum absolute atomic E-state index is 13.7. The van der Waals surface area contributed by atoms with E-state index in [-0.39, 0.29) is 23.4 Å². The first-order valence-electron chi connectivity index (χ1n) is 13.1. The van der Waals surface area contributed by atoms with Gasteiger partial charge in [0.15, 0.2) is 17.1 Å². The molecule has 0 aliphatic rings. The molecule has 0 amide bonds. The number of ether oxygens (including phenoxy) is 5. The topological polar surface area (TPSA) is 110 Å². The highest BCUT2D eigenvalue weighted by Crippen LogP contribution is 2.36. The Kier molecular flexibility index (Phi) is 10.6. The van der Waals surface area contributed by atoms with Crippen LogP contribution in [-0.2, 0) is 14.3 Å². The number of ketones is 1. The monoisotopic (exact) mass is 553 g/mol. The summed E-state index contributed by atoms with van der Waals surface area (Å²) in [5, 5.41) is 0.816. The molecule has 9 heteroatoms. The van der Waals surface area contributed by atoms with Gasteiger partial charge in [0.25, 0.3) is 0 Å². The Hall–Kier alpha value is -4.14. The number of hydrogen-bond donors (Lipinski definition) is 0. The average Bonchev–Trinajstić information content (AvgIpc) is 2.91. The molecule has 216 valence electrons. The number of carbonyl (C=O) groups excluding carboxylic acids is 3. The van der Waals surface area contributed by atoms with Gasteiger partial charge in [-0.25, -0.2) is 9.59 Å². The van der Waals surface area contributed by atoms with Crippen LogP contribution in [0.1, 0.15) is 81.8 Å². The Labute approximate surface area is 235 Å². The predicted molar refractivity (Wildman–Crippen MR) is 153 cm³/mol. The van der Waals surface area contributed by atoms with Crippen LogP contribution >= 0.6 is 0 Å². The van der Waals surface area contributed by atoms with E-state index < -0.39 is 28.9 Å². The van der Waals surface area contributed by atoms with Crippen LogP contribution in [0.15, 0.2) is 42.6 Å². The van der Waals surface area contributed by atoms with E-state index in [1.165, 1.54) is 26.5 Å². The Balaban J connectivity index is 0.00000274. The maximum atomic E-state index is 13.7. The van der Waals surface area contributed by atoms with Gasteiger partial charge >= 0.3 is 11.9 Å². The third-order valence-corrected chi connectivity index (χ3v) is 5.46. The Morgan fingerprint density at radius 3 is 2.02 bits per heavy atom. The van der Waals surface area contributed by atoms with E-state index in [1.54, 1.807) is 71.9 Å². The molecule has 0 aliphatic carbocycles. The summed E-state index contributed by atoms with van der Waals surface area (Å²) in [5.74, 6) is -0.472. The number of nitrogens with zero attached hydrogens (tertiary/aromatic N) is 1. The van der Waals surface area contributed by atoms with Gasteiger partial charge in [0, 0.05) is 22.5 Å². The number of pyridine rings is 1. The van der Waals surface area contributed by atoms with Crippen LogP contribution in [0, 0.1) is 0 Å². The van der Waals surface area contributed by atoms with Crippen LogP contribution in [-0.4, -0.2) is 54.7 Å². The number of carbonyl (C=O) groups is 3. The van der Waals surface area contributed by atoms with Crippen molar-refractivity contribution in [3.63, 3.8) is 0 Å². The quantitative estimate of drug-likeness (QED) is 0.226. The van der Waals surface area contributed by atoms with E-state index in [0.29, 0.717) is 28.0 Å². The van der Waals surface area contributed by atoms with E-state index in [0.717, 1.165) is 0 Å². The van der Waals surface area contributed by atoms with Gasteiger partial charge in [-0.15, -0.1) is 0 Å². The van der Waals surface area contributed by atoms with Gasteiger partial charge in [0.2, 0.25) is 5.78 Å². The molecule has 0 bridgehead atoms. The fourth-order valence-electron chi connectivity index (χ4n) is 3.69. The largest absolute Gasteiger partial charge is 0.493 e. The highest BCUT2D eigenvalue weighted by molar-refractivity contribution is 6.18. The molecule has 0 spiro atoms. The fraction of sp³-hybridized carbons (Fsp3) is 0.419. The van der Waals surface area contributed by atoms with Crippen molar-refractivity contribution in [3.05, 3.63) is 59.4 Å². The van der Waals surface area contributed by atoms with Crippen molar-refractivity contribution in [1.29, 1.82) is 0 Å². The van der Waals surface area contributed by atoms with Gasteiger partial charge < -0.3 is 23.7 Å². The maximum Gasteiger partial charge on any atom is 0.350 e. The van der Waals surface area contributed by atoms with Gasteiger partial charge in [-0.3, -0.25) is 9.78 Å². The molecule has 3 rings (SSSR count). The molecule has 40 heavy (non-hydrogen) atoms. The van der Waals surface area contributed by atoms with Crippen molar-refractivity contribution in [2.45, 2.75) is 66.6 Å². The van der Waals surface area contributed by atoms with Crippen molar-refractivity contribution in [2.24, 2.45) is 0 Å². The van der Waals surface area contributed by atoms with Crippen LogP contribution in [0.4, 0.5) is 0 Å². The van der Waals surface area contributed by atoms with Crippen molar-refractivity contribution < 1.29 is 38.1 Å². The molecule has 3 aromatic rings. The standard InChI is InChI=1S/C29H33NO8.C2H6/c1-9-36-26(32)21-16-30-24(20-15-23(35-8)22(34-7)14-19(20)21)25(31)17-11-10-12-18(13-17)37-29(5,6)27(33)38-28(2,3)4;1-2/h10-16H,9H2,1-8H3;1-2H3. The summed E-state index contributed by atoms with van der Waals surface area (Å²) in [6.45, 7) is 14.4. The molecule has 0 aliphatic heterocycles. The molecule has 1 heterocycles. The van der Waals surface area contributed by atoms with Crippen LogP contribution in [0.5, 0.6) is 17.2 Å². The average molecular weight is 554 g/mol. The van der Waals surface area contributed by atoms with Gasteiger partial charge in [0.1, 0.15) is 17.0 Å². The fourth-order valence-corrected chi connectivity index (χ4v) is 3.69. The molecule has 0 N–H and O–H groups in total. The first-order valence-corrected chi connectivity index (χ1v) is 13.1. The molecule has 0 atom stereocenters. The minimum atomic E-state index is -1.30. The van der Waals surface area contributed by atoms with Gasteiger partial charge in [-0.05, 0) is 65.8 Å². The summed E-state index contributed by atoms with van der Waals surface area (Å²) < 4.78 is 27.4.